The molecule has 18 heavy (non-hydrogen) atoms. The fraction of sp³-hybridized carbons (Fsp3) is 0.562. The zero-order valence-electron chi connectivity index (χ0n) is 11.5. The van der Waals surface area contributed by atoms with Crippen LogP contribution in [0.15, 0.2) is 12.1 Å². The Morgan fingerprint density at radius 2 is 1.56 bits per heavy atom. The molecule has 0 saturated heterocycles. The summed E-state index contributed by atoms with van der Waals surface area (Å²) in [7, 11) is 0. The van der Waals surface area contributed by atoms with E-state index in [0.717, 1.165) is 41.5 Å². The van der Waals surface area contributed by atoms with Crippen molar-refractivity contribution in [3.8, 4) is 0 Å². The smallest absolute Gasteiger partial charge is 0.194 e. The highest BCUT2D eigenvalue weighted by atomic mass is 16.3. The van der Waals surface area contributed by atoms with Gasteiger partial charge in [0.25, 0.3) is 0 Å². The maximum Gasteiger partial charge on any atom is 0.194 e. The monoisotopic (exact) mass is 246 g/mol. The zero-order valence-corrected chi connectivity index (χ0v) is 11.5. The van der Waals surface area contributed by atoms with E-state index in [9.17, 15) is 9.90 Å². The summed E-state index contributed by atoms with van der Waals surface area (Å²) in [6.45, 7) is 5.95. The van der Waals surface area contributed by atoms with Crippen molar-refractivity contribution in [1.82, 2.24) is 0 Å². The Bertz CT molecular complexity index is 445. The van der Waals surface area contributed by atoms with Crippen LogP contribution in [0.3, 0.4) is 0 Å². The topological polar surface area (TPSA) is 37.3 Å². The molecule has 2 heteroatoms. The molecule has 1 N–H and O–H groups in total. The standard InChI is InChI=1S/C16H22O2/c1-11-9-12(2)14(13(3)10-11)15(17)16(18)7-5-4-6-8-16/h9-10,18H,4-8H2,1-3H3. The molecule has 0 heterocycles. The Labute approximate surface area is 109 Å². The van der Waals surface area contributed by atoms with Crippen molar-refractivity contribution in [1.29, 1.82) is 0 Å². The summed E-state index contributed by atoms with van der Waals surface area (Å²) in [5.74, 6) is -0.0720. The molecule has 1 aromatic rings. The van der Waals surface area contributed by atoms with E-state index in [4.69, 9.17) is 0 Å². The molecule has 1 aliphatic rings. The summed E-state index contributed by atoms with van der Waals surface area (Å²) in [5.41, 5.74) is 2.73. The van der Waals surface area contributed by atoms with E-state index < -0.39 is 5.60 Å². The summed E-state index contributed by atoms with van der Waals surface area (Å²) < 4.78 is 0. The van der Waals surface area contributed by atoms with Gasteiger partial charge in [-0.1, -0.05) is 37.0 Å². The Morgan fingerprint density at radius 1 is 1.06 bits per heavy atom. The molecule has 1 aromatic carbocycles. The lowest BCUT2D eigenvalue weighted by atomic mass is 9.77. The number of carbonyl (C=O) groups excluding carboxylic acids is 1. The molecule has 0 unspecified atom stereocenters. The molecular formula is C16H22O2. The van der Waals surface area contributed by atoms with E-state index in [2.05, 4.69) is 0 Å². The number of benzene rings is 1. The first-order chi connectivity index (χ1) is 8.44. The number of aliphatic hydroxyl groups is 1. The first kappa shape index (κ1) is 13.3. The summed E-state index contributed by atoms with van der Waals surface area (Å²) in [4.78, 5) is 12.6. The van der Waals surface area contributed by atoms with Crippen molar-refractivity contribution in [3.63, 3.8) is 0 Å². The molecule has 0 aliphatic heterocycles. The van der Waals surface area contributed by atoms with Crippen LogP contribution in [-0.4, -0.2) is 16.5 Å². The van der Waals surface area contributed by atoms with Crippen molar-refractivity contribution in [3.05, 3.63) is 34.4 Å². The number of hydrogen-bond acceptors (Lipinski definition) is 2. The van der Waals surface area contributed by atoms with Crippen LogP contribution in [-0.2, 0) is 0 Å². The minimum absolute atomic E-state index is 0.0720. The third-order valence-corrected chi connectivity index (χ3v) is 4.01. The lowest BCUT2D eigenvalue weighted by Gasteiger charge is -2.31. The second-order valence-corrected chi connectivity index (χ2v) is 5.70. The minimum atomic E-state index is -1.12. The van der Waals surface area contributed by atoms with Gasteiger partial charge in [0.15, 0.2) is 5.78 Å². The highest BCUT2D eigenvalue weighted by Crippen LogP contribution is 2.33. The van der Waals surface area contributed by atoms with E-state index >= 15 is 0 Å². The number of aryl methyl sites for hydroxylation is 3. The maximum absolute atomic E-state index is 12.6. The quantitative estimate of drug-likeness (QED) is 0.811. The molecule has 0 aromatic heterocycles. The zero-order chi connectivity index (χ0) is 13.3. The van der Waals surface area contributed by atoms with Gasteiger partial charge in [-0.15, -0.1) is 0 Å². The van der Waals surface area contributed by atoms with Crippen molar-refractivity contribution >= 4 is 5.78 Å². The van der Waals surface area contributed by atoms with Crippen LogP contribution >= 0.6 is 0 Å². The van der Waals surface area contributed by atoms with Gasteiger partial charge >= 0.3 is 0 Å². The lowest BCUT2D eigenvalue weighted by molar-refractivity contribution is 0.0115. The van der Waals surface area contributed by atoms with Crippen LogP contribution < -0.4 is 0 Å². The Balaban J connectivity index is 2.39. The minimum Gasteiger partial charge on any atom is -0.382 e. The van der Waals surface area contributed by atoms with Gasteiger partial charge in [0.2, 0.25) is 0 Å². The Kier molecular flexibility index (Phi) is 3.58. The van der Waals surface area contributed by atoms with Crippen molar-refractivity contribution in [2.45, 2.75) is 58.5 Å². The summed E-state index contributed by atoms with van der Waals surface area (Å²) in [5, 5.41) is 10.6. The summed E-state index contributed by atoms with van der Waals surface area (Å²) in [6, 6.07) is 4.04. The molecular weight excluding hydrogens is 224 g/mol. The van der Waals surface area contributed by atoms with Gasteiger partial charge in [-0.2, -0.15) is 0 Å². The van der Waals surface area contributed by atoms with Gasteiger partial charge in [-0.3, -0.25) is 4.79 Å². The average Bonchev–Trinajstić information content (AvgIpc) is 2.28. The lowest BCUT2D eigenvalue weighted by Crippen LogP contribution is -2.41. The number of rotatable bonds is 2. The van der Waals surface area contributed by atoms with Gasteiger partial charge in [0, 0.05) is 5.56 Å². The average molecular weight is 246 g/mol. The molecule has 98 valence electrons. The predicted octanol–water partition coefficient (Wildman–Crippen LogP) is 3.49. The molecule has 0 spiro atoms. The highest BCUT2D eigenvalue weighted by molar-refractivity contribution is 6.04. The molecule has 1 fully saturated rings. The number of hydrogen-bond donors (Lipinski definition) is 1. The number of ketones is 1. The fourth-order valence-electron chi connectivity index (χ4n) is 3.13. The third kappa shape index (κ3) is 2.35. The Morgan fingerprint density at radius 3 is 2.06 bits per heavy atom. The maximum atomic E-state index is 12.6. The molecule has 1 saturated carbocycles. The summed E-state index contributed by atoms with van der Waals surface area (Å²) in [6.07, 6.45) is 4.25. The highest BCUT2D eigenvalue weighted by Gasteiger charge is 2.38. The molecule has 0 amide bonds. The normalized spacial score (nSPS) is 18.7. The van der Waals surface area contributed by atoms with E-state index in [-0.39, 0.29) is 5.78 Å². The van der Waals surface area contributed by atoms with Gasteiger partial charge in [-0.25, -0.2) is 0 Å². The largest absolute Gasteiger partial charge is 0.382 e. The number of carbonyl (C=O) groups is 1. The van der Waals surface area contributed by atoms with Crippen LogP contribution in [0, 0.1) is 20.8 Å². The SMILES string of the molecule is Cc1cc(C)c(C(=O)C2(O)CCCCC2)c(C)c1. The van der Waals surface area contributed by atoms with Gasteiger partial charge in [0.05, 0.1) is 0 Å². The molecule has 1 aliphatic carbocycles. The van der Waals surface area contributed by atoms with E-state index in [1.54, 1.807) is 0 Å². The fourth-order valence-corrected chi connectivity index (χ4v) is 3.13. The van der Waals surface area contributed by atoms with Crippen LogP contribution in [0.4, 0.5) is 0 Å². The second-order valence-electron chi connectivity index (χ2n) is 5.70. The van der Waals surface area contributed by atoms with Gasteiger partial charge in [0.1, 0.15) is 5.60 Å². The Hall–Kier alpha value is -1.15. The van der Waals surface area contributed by atoms with Crippen LogP contribution in [0.1, 0.15) is 59.2 Å². The molecule has 0 atom stereocenters. The summed E-state index contributed by atoms with van der Waals surface area (Å²) >= 11 is 0. The van der Waals surface area contributed by atoms with Crippen molar-refractivity contribution in [2.75, 3.05) is 0 Å². The second kappa shape index (κ2) is 4.85. The van der Waals surface area contributed by atoms with Crippen molar-refractivity contribution in [2.24, 2.45) is 0 Å². The number of Topliss-reactive ketones (excluding diaryl/α,β-unsaturated/α-hetero) is 1. The van der Waals surface area contributed by atoms with E-state index in [1.165, 1.54) is 0 Å². The van der Waals surface area contributed by atoms with E-state index in [1.807, 2.05) is 32.9 Å². The van der Waals surface area contributed by atoms with Crippen LogP contribution in [0.2, 0.25) is 0 Å². The van der Waals surface area contributed by atoms with Gasteiger partial charge in [-0.05, 0) is 44.7 Å². The van der Waals surface area contributed by atoms with Crippen molar-refractivity contribution < 1.29 is 9.90 Å². The molecule has 2 rings (SSSR count). The first-order valence-electron chi connectivity index (χ1n) is 6.79. The molecule has 2 nitrogen and oxygen atoms in total. The predicted molar refractivity (Wildman–Crippen MR) is 73.0 cm³/mol. The molecule has 0 bridgehead atoms. The van der Waals surface area contributed by atoms with Gasteiger partial charge < -0.3 is 5.11 Å². The van der Waals surface area contributed by atoms with Crippen LogP contribution in [0.5, 0.6) is 0 Å². The molecule has 0 radical (unpaired) electrons. The van der Waals surface area contributed by atoms with E-state index in [0.29, 0.717) is 12.8 Å². The third-order valence-electron chi connectivity index (χ3n) is 4.01. The first-order valence-corrected chi connectivity index (χ1v) is 6.79. The van der Waals surface area contributed by atoms with Crippen LogP contribution in [0.25, 0.3) is 0 Å².